The highest BCUT2D eigenvalue weighted by Crippen LogP contribution is 2.30. The van der Waals surface area contributed by atoms with Crippen LogP contribution in [-0.2, 0) is 6.42 Å². The van der Waals surface area contributed by atoms with Gasteiger partial charge in [0.05, 0.1) is 0 Å². The van der Waals surface area contributed by atoms with Crippen molar-refractivity contribution in [1.82, 2.24) is 5.32 Å². The lowest BCUT2D eigenvalue weighted by atomic mass is 10.1. The van der Waals surface area contributed by atoms with Crippen molar-refractivity contribution in [3.8, 4) is 0 Å². The van der Waals surface area contributed by atoms with Gasteiger partial charge in [0.15, 0.2) is 0 Å². The molecule has 2 nitrogen and oxygen atoms in total. The van der Waals surface area contributed by atoms with E-state index < -0.39 is 0 Å². The van der Waals surface area contributed by atoms with E-state index in [1.54, 1.807) is 0 Å². The summed E-state index contributed by atoms with van der Waals surface area (Å²) in [5, 5.41) is 6.10. The van der Waals surface area contributed by atoms with Crippen molar-refractivity contribution in [2.24, 2.45) is 5.73 Å². The van der Waals surface area contributed by atoms with Gasteiger partial charge in [0.1, 0.15) is 0 Å². The van der Waals surface area contributed by atoms with E-state index in [1.807, 2.05) is 0 Å². The van der Waals surface area contributed by atoms with Crippen molar-refractivity contribution >= 4 is 10.8 Å². The van der Waals surface area contributed by atoms with Gasteiger partial charge in [-0.05, 0) is 42.1 Å². The highest BCUT2D eigenvalue weighted by molar-refractivity contribution is 5.82. The van der Waals surface area contributed by atoms with E-state index in [0.29, 0.717) is 0 Å². The van der Waals surface area contributed by atoms with Crippen molar-refractivity contribution in [3.63, 3.8) is 0 Å². The molecule has 0 amide bonds. The van der Waals surface area contributed by atoms with Crippen LogP contribution < -0.4 is 11.1 Å². The number of hydrogen-bond donors (Lipinski definition) is 2. The molecule has 1 fully saturated rings. The molecule has 0 spiro atoms. The van der Waals surface area contributed by atoms with Crippen molar-refractivity contribution in [2.75, 3.05) is 13.1 Å². The minimum atomic E-state index is 0.114. The zero-order chi connectivity index (χ0) is 12.4. The number of benzene rings is 2. The van der Waals surface area contributed by atoms with Crippen LogP contribution in [0.2, 0.25) is 0 Å². The number of nitrogens with one attached hydrogen (secondary N) is 1. The van der Waals surface area contributed by atoms with Gasteiger partial charge in [0.25, 0.3) is 0 Å². The highest BCUT2D eigenvalue weighted by Gasteiger charge is 2.37. The maximum Gasteiger partial charge on any atom is 0.0282 e. The highest BCUT2D eigenvalue weighted by atomic mass is 15.0. The Morgan fingerprint density at radius 1 is 1.06 bits per heavy atom. The van der Waals surface area contributed by atoms with Crippen LogP contribution in [0.25, 0.3) is 10.8 Å². The molecule has 3 rings (SSSR count). The van der Waals surface area contributed by atoms with Gasteiger partial charge in [0, 0.05) is 12.1 Å². The summed E-state index contributed by atoms with van der Waals surface area (Å²) in [5.74, 6) is 0. The first-order valence-electron chi connectivity index (χ1n) is 6.73. The number of fused-ring (bicyclic) bond motifs is 1. The van der Waals surface area contributed by atoms with Crippen molar-refractivity contribution in [3.05, 3.63) is 48.0 Å². The van der Waals surface area contributed by atoms with Crippen LogP contribution in [0.15, 0.2) is 42.5 Å². The molecule has 0 atom stereocenters. The molecule has 94 valence electrons. The lowest BCUT2D eigenvalue weighted by molar-refractivity contribution is 0.571. The average Bonchev–Trinajstić information content (AvgIpc) is 3.13. The van der Waals surface area contributed by atoms with Crippen LogP contribution in [0, 0.1) is 0 Å². The first kappa shape index (κ1) is 11.7. The maximum atomic E-state index is 6.04. The molecule has 0 bridgehead atoms. The molecular formula is C16H20N2. The zero-order valence-corrected chi connectivity index (χ0v) is 10.7. The molecule has 18 heavy (non-hydrogen) atoms. The molecule has 1 aliphatic rings. The van der Waals surface area contributed by atoms with Crippen LogP contribution in [0.3, 0.4) is 0 Å². The van der Waals surface area contributed by atoms with Gasteiger partial charge in [-0.25, -0.2) is 0 Å². The van der Waals surface area contributed by atoms with E-state index in [1.165, 1.54) is 29.2 Å². The molecule has 0 saturated heterocycles. The van der Waals surface area contributed by atoms with Crippen LogP contribution in [-0.4, -0.2) is 18.6 Å². The zero-order valence-electron chi connectivity index (χ0n) is 10.7. The Labute approximate surface area is 108 Å². The second-order valence-electron chi connectivity index (χ2n) is 5.47. The fourth-order valence-corrected chi connectivity index (χ4v) is 2.30. The predicted octanol–water partition coefficient (Wildman–Crippen LogP) is 2.46. The summed E-state index contributed by atoms with van der Waals surface area (Å²) in [6.45, 7) is 1.97. The predicted molar refractivity (Wildman–Crippen MR) is 76.7 cm³/mol. The molecule has 0 unspecified atom stereocenters. The normalized spacial score (nSPS) is 16.9. The molecule has 3 N–H and O–H groups in total. The third-order valence-corrected chi connectivity index (χ3v) is 3.77. The molecule has 0 aromatic heterocycles. The first-order valence-corrected chi connectivity index (χ1v) is 6.73. The Bertz CT molecular complexity index is 544. The summed E-state index contributed by atoms with van der Waals surface area (Å²) < 4.78 is 0. The van der Waals surface area contributed by atoms with E-state index in [4.69, 9.17) is 5.73 Å². The smallest absolute Gasteiger partial charge is 0.0282 e. The van der Waals surface area contributed by atoms with Gasteiger partial charge in [-0.3, -0.25) is 0 Å². The Balaban J connectivity index is 1.57. The van der Waals surface area contributed by atoms with E-state index in [2.05, 4.69) is 47.8 Å². The van der Waals surface area contributed by atoms with Gasteiger partial charge in [-0.2, -0.15) is 0 Å². The van der Waals surface area contributed by atoms with Crippen LogP contribution in [0.4, 0.5) is 0 Å². The molecule has 0 aliphatic heterocycles. The van der Waals surface area contributed by atoms with E-state index in [0.717, 1.165) is 19.5 Å². The quantitative estimate of drug-likeness (QED) is 0.788. The fraction of sp³-hybridized carbons (Fsp3) is 0.375. The lowest BCUT2D eigenvalue weighted by Crippen LogP contribution is -2.36. The van der Waals surface area contributed by atoms with Crippen LogP contribution in [0.1, 0.15) is 18.4 Å². The number of nitrogens with two attached hydrogens (primary N) is 1. The van der Waals surface area contributed by atoms with E-state index >= 15 is 0 Å². The third-order valence-electron chi connectivity index (χ3n) is 3.77. The summed E-state index contributed by atoms with van der Waals surface area (Å²) in [6, 6.07) is 15.2. The fourth-order valence-electron chi connectivity index (χ4n) is 2.30. The molecule has 1 saturated carbocycles. The van der Waals surface area contributed by atoms with Gasteiger partial charge in [-0.15, -0.1) is 0 Å². The van der Waals surface area contributed by atoms with E-state index in [9.17, 15) is 0 Å². The summed E-state index contributed by atoms with van der Waals surface area (Å²) in [7, 11) is 0. The lowest BCUT2D eigenvalue weighted by Gasteiger charge is -2.10. The number of rotatable bonds is 5. The molecule has 0 heterocycles. The van der Waals surface area contributed by atoms with Gasteiger partial charge >= 0.3 is 0 Å². The summed E-state index contributed by atoms with van der Waals surface area (Å²) >= 11 is 0. The Morgan fingerprint density at radius 3 is 2.61 bits per heavy atom. The molecule has 2 aromatic carbocycles. The largest absolute Gasteiger partial charge is 0.324 e. The standard InChI is InChI=1S/C16H20N2/c17-16(8-9-16)12-18-10-7-13-5-6-14-3-1-2-4-15(14)11-13/h1-6,11,18H,7-10,12,17H2. The Kier molecular flexibility index (Phi) is 3.06. The van der Waals surface area contributed by atoms with Crippen molar-refractivity contribution in [2.45, 2.75) is 24.8 Å². The summed E-state index contributed by atoms with van der Waals surface area (Å²) in [5.41, 5.74) is 7.54. The van der Waals surface area contributed by atoms with Gasteiger partial charge in [0.2, 0.25) is 0 Å². The third kappa shape index (κ3) is 2.71. The molecule has 2 heteroatoms. The first-order chi connectivity index (χ1) is 8.75. The Hall–Kier alpha value is -1.38. The molecule has 2 aromatic rings. The monoisotopic (exact) mass is 240 g/mol. The van der Waals surface area contributed by atoms with Crippen molar-refractivity contribution in [1.29, 1.82) is 0 Å². The van der Waals surface area contributed by atoms with E-state index in [-0.39, 0.29) is 5.54 Å². The van der Waals surface area contributed by atoms with Crippen LogP contribution in [0.5, 0.6) is 0 Å². The molecular weight excluding hydrogens is 220 g/mol. The average molecular weight is 240 g/mol. The Morgan fingerprint density at radius 2 is 1.83 bits per heavy atom. The van der Waals surface area contributed by atoms with Gasteiger partial charge < -0.3 is 11.1 Å². The topological polar surface area (TPSA) is 38.0 Å². The van der Waals surface area contributed by atoms with Gasteiger partial charge in [-0.1, -0.05) is 42.5 Å². The summed E-state index contributed by atoms with van der Waals surface area (Å²) in [4.78, 5) is 0. The molecule has 0 radical (unpaired) electrons. The minimum absolute atomic E-state index is 0.114. The number of hydrogen-bond acceptors (Lipinski definition) is 2. The minimum Gasteiger partial charge on any atom is -0.324 e. The second kappa shape index (κ2) is 4.71. The molecule has 1 aliphatic carbocycles. The van der Waals surface area contributed by atoms with Crippen molar-refractivity contribution < 1.29 is 0 Å². The summed E-state index contributed by atoms with van der Waals surface area (Å²) in [6.07, 6.45) is 3.42. The maximum absolute atomic E-state index is 6.04. The van der Waals surface area contributed by atoms with Crippen LogP contribution >= 0.6 is 0 Å². The second-order valence-corrected chi connectivity index (χ2v) is 5.47. The SMILES string of the molecule is NC1(CNCCc2ccc3ccccc3c2)CC1.